The molecule has 7 nitrogen and oxygen atoms in total. The van der Waals surface area contributed by atoms with E-state index in [2.05, 4.69) is 16.0 Å². The number of piperidine rings is 1. The van der Waals surface area contributed by atoms with Crippen LogP contribution in [0.4, 0.5) is 0 Å². The molecule has 4 rings (SSSR count). The van der Waals surface area contributed by atoms with Crippen molar-refractivity contribution >= 4 is 5.91 Å². The maximum absolute atomic E-state index is 13.1. The molecule has 0 unspecified atom stereocenters. The molecule has 0 bridgehead atoms. The number of carbonyl (C=O) groups is 1. The third-order valence-electron chi connectivity index (χ3n) is 4.96. The van der Waals surface area contributed by atoms with Crippen molar-refractivity contribution in [2.24, 2.45) is 0 Å². The van der Waals surface area contributed by atoms with E-state index in [4.69, 9.17) is 14.7 Å². The molecular formula is C20H20N4O3. The highest BCUT2D eigenvalue weighted by Crippen LogP contribution is 2.30. The number of benzene rings is 1. The van der Waals surface area contributed by atoms with Crippen molar-refractivity contribution in [3.63, 3.8) is 0 Å². The number of ether oxygens (including phenoxy) is 2. The first-order valence-electron chi connectivity index (χ1n) is 9.12. The second-order valence-corrected chi connectivity index (χ2v) is 6.69. The summed E-state index contributed by atoms with van der Waals surface area (Å²) in [5.74, 6) is 0.189. The molecule has 138 valence electrons. The summed E-state index contributed by atoms with van der Waals surface area (Å²) < 4.78 is 11.7. The summed E-state index contributed by atoms with van der Waals surface area (Å²) in [7, 11) is 0. The molecule has 1 saturated heterocycles. The molecule has 0 N–H and O–H groups in total. The van der Waals surface area contributed by atoms with E-state index in [1.54, 1.807) is 4.90 Å². The van der Waals surface area contributed by atoms with Gasteiger partial charge in [0, 0.05) is 18.9 Å². The van der Waals surface area contributed by atoms with Gasteiger partial charge in [-0.1, -0.05) is 24.3 Å². The Morgan fingerprint density at radius 2 is 2.15 bits per heavy atom. The van der Waals surface area contributed by atoms with E-state index >= 15 is 0 Å². The normalized spacial score (nSPS) is 21.8. The number of hydrogen-bond donors (Lipinski definition) is 0. The van der Waals surface area contributed by atoms with Crippen molar-refractivity contribution in [2.45, 2.75) is 31.5 Å². The Bertz CT molecular complexity index is 880. The topological polar surface area (TPSA) is 88.3 Å². The molecule has 1 amide bonds. The summed E-state index contributed by atoms with van der Waals surface area (Å²) in [6, 6.07) is 9.93. The first kappa shape index (κ1) is 17.4. The van der Waals surface area contributed by atoms with Crippen LogP contribution in [0.3, 0.4) is 0 Å². The van der Waals surface area contributed by atoms with Gasteiger partial charge in [0.25, 0.3) is 11.8 Å². The molecule has 2 aromatic rings. The Kier molecular flexibility index (Phi) is 4.99. The van der Waals surface area contributed by atoms with Crippen LogP contribution < -0.4 is 4.74 Å². The summed E-state index contributed by atoms with van der Waals surface area (Å²) in [6.07, 6.45) is 4.63. The van der Waals surface area contributed by atoms with Crippen molar-refractivity contribution in [1.29, 1.82) is 5.26 Å². The molecule has 0 saturated carbocycles. The largest absolute Gasteiger partial charge is 0.470 e. The van der Waals surface area contributed by atoms with E-state index in [1.807, 2.05) is 24.3 Å². The molecule has 0 radical (unpaired) electrons. The van der Waals surface area contributed by atoms with Crippen molar-refractivity contribution in [3.05, 3.63) is 53.5 Å². The third kappa shape index (κ3) is 3.62. The highest BCUT2D eigenvalue weighted by atomic mass is 16.5. The standard InChI is InChI=1S/C20H20N4O3/c21-12-17-19(23-9-8-22-17)27-15-5-3-10-24(13-15)20(25)18-16-6-2-1-4-14(16)7-11-26-18/h1-2,4,6,8-9,15,18H,3,5,7,10-11,13H2/t15-,18+/m0/s1. The van der Waals surface area contributed by atoms with Gasteiger partial charge >= 0.3 is 0 Å². The monoisotopic (exact) mass is 364 g/mol. The Morgan fingerprint density at radius 3 is 3.04 bits per heavy atom. The summed E-state index contributed by atoms with van der Waals surface area (Å²) >= 11 is 0. The predicted octanol–water partition coefficient (Wildman–Crippen LogP) is 2.03. The van der Waals surface area contributed by atoms with Crippen LogP contribution in [0.1, 0.15) is 35.8 Å². The molecule has 1 aromatic carbocycles. The molecule has 2 aliphatic rings. The number of carbonyl (C=O) groups excluding carboxylic acids is 1. The number of nitriles is 1. The Morgan fingerprint density at radius 1 is 1.30 bits per heavy atom. The van der Waals surface area contributed by atoms with Crippen molar-refractivity contribution in [1.82, 2.24) is 14.9 Å². The number of nitrogens with zero attached hydrogens (tertiary/aromatic N) is 4. The Hall–Kier alpha value is -2.98. The van der Waals surface area contributed by atoms with Crippen molar-refractivity contribution in [2.75, 3.05) is 19.7 Å². The van der Waals surface area contributed by atoms with Gasteiger partial charge in [0.1, 0.15) is 12.2 Å². The van der Waals surface area contributed by atoms with Crippen LogP contribution >= 0.6 is 0 Å². The lowest BCUT2D eigenvalue weighted by atomic mass is 9.96. The lowest BCUT2D eigenvalue weighted by Gasteiger charge is -2.36. The zero-order valence-electron chi connectivity index (χ0n) is 14.9. The lowest BCUT2D eigenvalue weighted by Crippen LogP contribution is -2.47. The minimum absolute atomic E-state index is 0.0323. The molecule has 2 aliphatic heterocycles. The molecule has 7 heteroatoms. The number of aromatic nitrogens is 2. The fourth-order valence-electron chi connectivity index (χ4n) is 3.64. The quantitative estimate of drug-likeness (QED) is 0.828. The van der Waals surface area contributed by atoms with E-state index in [-0.39, 0.29) is 23.6 Å². The summed E-state index contributed by atoms with van der Waals surface area (Å²) in [5, 5.41) is 9.14. The number of rotatable bonds is 3. The van der Waals surface area contributed by atoms with Crippen LogP contribution in [0.2, 0.25) is 0 Å². The SMILES string of the molecule is N#Cc1nccnc1O[C@H]1CCCN(C(=O)[C@@H]2OCCc3ccccc32)C1. The van der Waals surface area contributed by atoms with Crippen LogP contribution in [0.5, 0.6) is 5.88 Å². The molecule has 1 fully saturated rings. The lowest BCUT2D eigenvalue weighted by molar-refractivity contribution is -0.147. The van der Waals surface area contributed by atoms with Gasteiger partial charge in [0.2, 0.25) is 5.69 Å². The van der Waals surface area contributed by atoms with E-state index in [9.17, 15) is 4.79 Å². The Labute approximate surface area is 157 Å². The fourth-order valence-corrected chi connectivity index (χ4v) is 3.64. The van der Waals surface area contributed by atoms with Gasteiger partial charge in [-0.05, 0) is 30.4 Å². The van der Waals surface area contributed by atoms with E-state index in [0.29, 0.717) is 19.7 Å². The fraction of sp³-hybridized carbons (Fsp3) is 0.400. The van der Waals surface area contributed by atoms with Gasteiger partial charge < -0.3 is 14.4 Å². The van der Waals surface area contributed by atoms with Crippen LogP contribution in [-0.2, 0) is 16.0 Å². The third-order valence-corrected chi connectivity index (χ3v) is 4.96. The average Bonchev–Trinajstić information content (AvgIpc) is 2.73. The zero-order valence-corrected chi connectivity index (χ0v) is 14.9. The van der Waals surface area contributed by atoms with E-state index < -0.39 is 6.10 Å². The molecule has 1 aromatic heterocycles. The van der Waals surface area contributed by atoms with Gasteiger partial charge in [-0.25, -0.2) is 9.97 Å². The number of fused-ring (bicyclic) bond motifs is 1. The number of amides is 1. The highest BCUT2D eigenvalue weighted by molar-refractivity contribution is 5.83. The maximum Gasteiger partial charge on any atom is 0.256 e. The number of likely N-dealkylation sites (tertiary alicyclic amines) is 1. The Balaban J connectivity index is 1.47. The smallest absolute Gasteiger partial charge is 0.256 e. The van der Waals surface area contributed by atoms with Crippen LogP contribution in [0.25, 0.3) is 0 Å². The number of hydrogen-bond acceptors (Lipinski definition) is 6. The second kappa shape index (κ2) is 7.72. The van der Waals surface area contributed by atoms with E-state index in [1.165, 1.54) is 18.0 Å². The van der Waals surface area contributed by atoms with Crippen LogP contribution in [0, 0.1) is 11.3 Å². The first-order chi connectivity index (χ1) is 13.3. The zero-order chi connectivity index (χ0) is 18.6. The summed E-state index contributed by atoms with van der Waals surface area (Å²) in [5.41, 5.74) is 2.29. The molecule has 3 heterocycles. The van der Waals surface area contributed by atoms with Gasteiger partial charge in [0.15, 0.2) is 6.10 Å². The average molecular weight is 364 g/mol. The molecule has 27 heavy (non-hydrogen) atoms. The molecular weight excluding hydrogens is 344 g/mol. The summed E-state index contributed by atoms with van der Waals surface area (Å²) in [6.45, 7) is 1.67. The highest BCUT2D eigenvalue weighted by Gasteiger charge is 2.34. The molecule has 0 aliphatic carbocycles. The summed E-state index contributed by atoms with van der Waals surface area (Å²) in [4.78, 5) is 23.0. The predicted molar refractivity (Wildman–Crippen MR) is 95.8 cm³/mol. The van der Waals surface area contributed by atoms with Crippen molar-refractivity contribution < 1.29 is 14.3 Å². The second-order valence-electron chi connectivity index (χ2n) is 6.69. The van der Waals surface area contributed by atoms with E-state index in [0.717, 1.165) is 24.8 Å². The minimum Gasteiger partial charge on any atom is -0.470 e. The first-order valence-corrected chi connectivity index (χ1v) is 9.12. The van der Waals surface area contributed by atoms with Gasteiger partial charge in [0.05, 0.1) is 13.2 Å². The van der Waals surface area contributed by atoms with Crippen LogP contribution in [-0.4, -0.2) is 46.6 Å². The van der Waals surface area contributed by atoms with Gasteiger partial charge in [-0.15, -0.1) is 0 Å². The van der Waals surface area contributed by atoms with Crippen LogP contribution in [0.15, 0.2) is 36.7 Å². The van der Waals surface area contributed by atoms with Gasteiger partial charge in [-0.2, -0.15) is 5.26 Å². The van der Waals surface area contributed by atoms with Gasteiger partial charge in [-0.3, -0.25) is 4.79 Å². The molecule has 2 atom stereocenters. The van der Waals surface area contributed by atoms with Crippen molar-refractivity contribution in [3.8, 4) is 11.9 Å². The maximum atomic E-state index is 13.1. The molecule has 0 spiro atoms. The minimum atomic E-state index is -0.556.